The molecule has 23 heavy (non-hydrogen) atoms. The second-order valence-electron chi connectivity index (χ2n) is 6.54. The van der Waals surface area contributed by atoms with Gasteiger partial charge in [-0.05, 0) is 30.9 Å². The molecular formula is C19H27NO3. The van der Waals surface area contributed by atoms with E-state index >= 15 is 0 Å². The minimum atomic E-state index is -0.146. The van der Waals surface area contributed by atoms with Crippen LogP contribution >= 0.6 is 0 Å². The maximum atomic E-state index is 12.2. The highest BCUT2D eigenvalue weighted by Crippen LogP contribution is 2.22. The molecule has 1 heterocycles. The van der Waals surface area contributed by atoms with Gasteiger partial charge in [0.05, 0.1) is 11.1 Å². The summed E-state index contributed by atoms with van der Waals surface area (Å²) >= 11 is 0. The monoisotopic (exact) mass is 317 g/mol. The van der Waals surface area contributed by atoms with Crippen LogP contribution in [0.3, 0.4) is 0 Å². The van der Waals surface area contributed by atoms with Crippen molar-refractivity contribution in [3.8, 4) is 0 Å². The molecular weight excluding hydrogens is 290 g/mol. The van der Waals surface area contributed by atoms with E-state index in [1.807, 2.05) is 0 Å². The molecule has 1 aromatic carbocycles. The average Bonchev–Trinajstić information content (AvgIpc) is 2.78. The molecule has 0 N–H and O–H groups in total. The molecule has 4 nitrogen and oxygen atoms in total. The summed E-state index contributed by atoms with van der Waals surface area (Å²) in [5.41, 5.74) is 1.08. The van der Waals surface area contributed by atoms with Crippen molar-refractivity contribution < 1.29 is 14.3 Å². The van der Waals surface area contributed by atoms with Gasteiger partial charge in [-0.25, -0.2) is 0 Å². The number of benzene rings is 1. The molecule has 2 rings (SSSR count). The number of unbranched alkanes of at least 4 members (excludes halogenated alkanes) is 4. The van der Waals surface area contributed by atoms with Gasteiger partial charge in [-0.1, -0.05) is 45.2 Å². The van der Waals surface area contributed by atoms with E-state index in [1.165, 1.54) is 4.90 Å². The van der Waals surface area contributed by atoms with Crippen LogP contribution < -0.4 is 0 Å². The zero-order chi connectivity index (χ0) is 16.7. The number of amides is 2. The molecule has 0 fully saturated rings. The smallest absolute Gasteiger partial charge is 0.261 e. The highest BCUT2D eigenvalue weighted by molar-refractivity contribution is 6.21. The van der Waals surface area contributed by atoms with Crippen LogP contribution in [-0.2, 0) is 4.74 Å². The van der Waals surface area contributed by atoms with Crippen molar-refractivity contribution in [2.45, 2.75) is 46.0 Å². The van der Waals surface area contributed by atoms with E-state index in [4.69, 9.17) is 4.74 Å². The summed E-state index contributed by atoms with van der Waals surface area (Å²) in [4.78, 5) is 25.8. The number of carbonyl (C=O) groups excluding carboxylic acids is 2. The van der Waals surface area contributed by atoms with Gasteiger partial charge in [-0.15, -0.1) is 0 Å². The predicted molar refractivity (Wildman–Crippen MR) is 90.6 cm³/mol. The standard InChI is InChI=1S/C19H27NO3/c1-15(2)14-23-13-9-5-3-4-8-12-20-18(21)16-10-6-7-11-17(16)19(20)22/h6-7,10-11,15H,3-5,8-9,12-14H2,1-2H3. The van der Waals surface area contributed by atoms with Crippen LogP contribution in [-0.4, -0.2) is 36.5 Å². The molecule has 0 saturated heterocycles. The van der Waals surface area contributed by atoms with Crippen LogP contribution in [0.4, 0.5) is 0 Å². The van der Waals surface area contributed by atoms with Gasteiger partial charge < -0.3 is 4.74 Å². The second kappa shape index (κ2) is 8.82. The number of fused-ring (bicyclic) bond motifs is 1. The normalized spacial score (nSPS) is 14.0. The van der Waals surface area contributed by atoms with E-state index < -0.39 is 0 Å². The lowest BCUT2D eigenvalue weighted by molar-refractivity contribution is 0.0651. The summed E-state index contributed by atoms with van der Waals surface area (Å²) in [5, 5.41) is 0. The topological polar surface area (TPSA) is 46.6 Å². The third-order valence-electron chi connectivity index (χ3n) is 4.00. The van der Waals surface area contributed by atoms with E-state index in [2.05, 4.69) is 13.8 Å². The summed E-state index contributed by atoms with van der Waals surface area (Å²) in [5.74, 6) is 0.301. The molecule has 0 bridgehead atoms. The highest BCUT2D eigenvalue weighted by atomic mass is 16.5. The van der Waals surface area contributed by atoms with E-state index in [0.29, 0.717) is 23.6 Å². The number of hydrogen-bond donors (Lipinski definition) is 0. The van der Waals surface area contributed by atoms with Crippen LogP contribution in [0.5, 0.6) is 0 Å². The van der Waals surface area contributed by atoms with E-state index in [1.54, 1.807) is 24.3 Å². The molecule has 0 radical (unpaired) electrons. The molecule has 1 aliphatic heterocycles. The fourth-order valence-electron chi connectivity index (χ4n) is 2.77. The van der Waals surface area contributed by atoms with Crippen LogP contribution in [0, 0.1) is 5.92 Å². The predicted octanol–water partition coefficient (Wildman–Crippen LogP) is 3.91. The largest absolute Gasteiger partial charge is 0.381 e. The lowest BCUT2D eigenvalue weighted by atomic mass is 10.1. The fourth-order valence-corrected chi connectivity index (χ4v) is 2.77. The lowest BCUT2D eigenvalue weighted by Gasteiger charge is -2.13. The zero-order valence-corrected chi connectivity index (χ0v) is 14.2. The molecule has 1 aliphatic rings. The third kappa shape index (κ3) is 4.90. The molecule has 0 aliphatic carbocycles. The van der Waals surface area contributed by atoms with Crippen molar-refractivity contribution in [1.82, 2.24) is 4.90 Å². The van der Waals surface area contributed by atoms with E-state index in [0.717, 1.165) is 45.3 Å². The molecule has 0 atom stereocenters. The van der Waals surface area contributed by atoms with Crippen molar-refractivity contribution in [3.63, 3.8) is 0 Å². The lowest BCUT2D eigenvalue weighted by Crippen LogP contribution is -2.30. The molecule has 0 aromatic heterocycles. The number of nitrogens with zero attached hydrogens (tertiary/aromatic N) is 1. The van der Waals surface area contributed by atoms with Crippen LogP contribution in [0.1, 0.15) is 66.7 Å². The first-order chi connectivity index (χ1) is 11.1. The second-order valence-corrected chi connectivity index (χ2v) is 6.54. The summed E-state index contributed by atoms with van der Waals surface area (Å²) in [6.07, 6.45) is 5.25. The Morgan fingerprint density at radius 1 is 0.913 bits per heavy atom. The van der Waals surface area contributed by atoms with Crippen molar-refractivity contribution in [1.29, 1.82) is 0 Å². The van der Waals surface area contributed by atoms with Crippen LogP contribution in [0.25, 0.3) is 0 Å². The SMILES string of the molecule is CC(C)COCCCCCCCN1C(=O)c2ccccc2C1=O. The Balaban J connectivity index is 1.59. The first kappa shape index (κ1) is 17.7. The number of carbonyl (C=O) groups is 2. The first-order valence-electron chi connectivity index (χ1n) is 8.64. The summed E-state index contributed by atoms with van der Waals surface area (Å²) in [7, 11) is 0. The minimum absolute atomic E-state index is 0.146. The van der Waals surface area contributed by atoms with Crippen molar-refractivity contribution in [2.24, 2.45) is 5.92 Å². The minimum Gasteiger partial charge on any atom is -0.381 e. The Labute approximate surface area is 138 Å². The summed E-state index contributed by atoms with van der Waals surface area (Å²) in [6, 6.07) is 7.06. The van der Waals surface area contributed by atoms with Crippen LogP contribution in [0.2, 0.25) is 0 Å². The Bertz CT molecular complexity index is 504. The zero-order valence-electron chi connectivity index (χ0n) is 14.2. The maximum absolute atomic E-state index is 12.2. The molecule has 126 valence electrons. The fraction of sp³-hybridized carbons (Fsp3) is 0.579. The van der Waals surface area contributed by atoms with Gasteiger partial charge in [0, 0.05) is 19.8 Å². The maximum Gasteiger partial charge on any atom is 0.261 e. The molecule has 1 aromatic rings. The van der Waals surface area contributed by atoms with Gasteiger partial charge in [-0.3, -0.25) is 14.5 Å². The number of imide groups is 1. The Kier molecular flexibility index (Phi) is 6.78. The van der Waals surface area contributed by atoms with Gasteiger partial charge in [0.2, 0.25) is 0 Å². The Morgan fingerprint density at radius 2 is 1.48 bits per heavy atom. The van der Waals surface area contributed by atoms with Gasteiger partial charge in [0.15, 0.2) is 0 Å². The summed E-state index contributed by atoms with van der Waals surface area (Å²) in [6.45, 7) is 6.49. The average molecular weight is 317 g/mol. The highest BCUT2D eigenvalue weighted by Gasteiger charge is 2.34. The first-order valence-corrected chi connectivity index (χ1v) is 8.64. The third-order valence-corrected chi connectivity index (χ3v) is 4.00. The van der Waals surface area contributed by atoms with Crippen molar-refractivity contribution >= 4 is 11.8 Å². The number of rotatable bonds is 10. The number of ether oxygens (including phenoxy) is 1. The quantitative estimate of drug-likeness (QED) is 0.485. The van der Waals surface area contributed by atoms with Gasteiger partial charge in [0.1, 0.15) is 0 Å². The van der Waals surface area contributed by atoms with Gasteiger partial charge in [0.25, 0.3) is 11.8 Å². The molecule has 0 unspecified atom stereocenters. The number of hydrogen-bond acceptors (Lipinski definition) is 3. The Hall–Kier alpha value is -1.68. The van der Waals surface area contributed by atoms with E-state index in [9.17, 15) is 9.59 Å². The van der Waals surface area contributed by atoms with Crippen LogP contribution in [0.15, 0.2) is 24.3 Å². The Morgan fingerprint density at radius 3 is 2.09 bits per heavy atom. The van der Waals surface area contributed by atoms with Crippen molar-refractivity contribution in [2.75, 3.05) is 19.8 Å². The van der Waals surface area contributed by atoms with Crippen molar-refractivity contribution in [3.05, 3.63) is 35.4 Å². The van der Waals surface area contributed by atoms with E-state index in [-0.39, 0.29) is 11.8 Å². The van der Waals surface area contributed by atoms with Gasteiger partial charge >= 0.3 is 0 Å². The van der Waals surface area contributed by atoms with Gasteiger partial charge in [-0.2, -0.15) is 0 Å². The summed E-state index contributed by atoms with van der Waals surface area (Å²) < 4.78 is 5.55. The molecule has 2 amide bonds. The molecule has 0 saturated carbocycles. The molecule has 4 heteroatoms. The molecule has 0 spiro atoms.